The molecular formula is C61H115NO5. The number of carbonyl (C=O) groups excluding carboxylic acids is 2. The molecule has 2 atom stereocenters. The number of carbonyl (C=O) groups is 2. The molecule has 1 amide bonds. The molecule has 0 rings (SSSR count). The van der Waals surface area contributed by atoms with E-state index in [0.29, 0.717) is 25.9 Å². The van der Waals surface area contributed by atoms with Crippen molar-refractivity contribution in [2.45, 2.75) is 328 Å². The highest BCUT2D eigenvalue weighted by Gasteiger charge is 2.20. The van der Waals surface area contributed by atoms with E-state index < -0.39 is 12.1 Å². The minimum Gasteiger partial charge on any atom is -0.466 e. The minimum atomic E-state index is -0.676. The molecule has 0 aliphatic heterocycles. The van der Waals surface area contributed by atoms with E-state index in [1.165, 1.54) is 212 Å². The summed E-state index contributed by atoms with van der Waals surface area (Å²) >= 11 is 0. The third kappa shape index (κ3) is 53.3. The summed E-state index contributed by atoms with van der Waals surface area (Å²) in [5.41, 5.74) is 0. The summed E-state index contributed by atoms with van der Waals surface area (Å²) in [5.74, 6) is -0.0613. The first-order valence-electron chi connectivity index (χ1n) is 29.7. The maximum absolute atomic E-state index is 12.5. The van der Waals surface area contributed by atoms with E-state index in [1.807, 2.05) is 0 Å². The summed E-state index contributed by atoms with van der Waals surface area (Å²) in [4.78, 5) is 24.6. The van der Waals surface area contributed by atoms with Crippen LogP contribution in [0.3, 0.4) is 0 Å². The van der Waals surface area contributed by atoms with Gasteiger partial charge >= 0.3 is 5.97 Å². The van der Waals surface area contributed by atoms with Gasteiger partial charge in [0, 0.05) is 12.8 Å². The van der Waals surface area contributed by atoms with Crippen LogP contribution < -0.4 is 5.32 Å². The molecule has 0 spiro atoms. The SMILES string of the molecule is CCCCC/C=C\C/C=C\CCCCCCCCCC(=O)OCCCCCCCCC/C=C\CCCCCCCC(=O)NC(CO)C(O)CCCCCCCCCCCCCCCCCCC. The Hall–Kier alpha value is -1.92. The molecule has 2 unspecified atom stereocenters. The summed E-state index contributed by atoms with van der Waals surface area (Å²) in [6, 6.07) is -0.555. The Labute approximate surface area is 417 Å². The van der Waals surface area contributed by atoms with Gasteiger partial charge in [-0.2, -0.15) is 0 Å². The fourth-order valence-electron chi connectivity index (χ4n) is 9.08. The van der Waals surface area contributed by atoms with Crippen molar-refractivity contribution in [2.75, 3.05) is 13.2 Å². The van der Waals surface area contributed by atoms with E-state index >= 15 is 0 Å². The maximum atomic E-state index is 12.5. The lowest BCUT2D eigenvalue weighted by atomic mass is 10.0. The van der Waals surface area contributed by atoms with Crippen LogP contribution in [0, 0.1) is 0 Å². The highest BCUT2D eigenvalue weighted by Crippen LogP contribution is 2.17. The van der Waals surface area contributed by atoms with Crippen LogP contribution in [-0.4, -0.2) is 47.4 Å². The molecule has 6 nitrogen and oxygen atoms in total. The predicted octanol–water partition coefficient (Wildman–Crippen LogP) is 18.4. The molecule has 6 heteroatoms. The number of esters is 1. The van der Waals surface area contributed by atoms with Gasteiger partial charge in [0.1, 0.15) is 0 Å². The van der Waals surface area contributed by atoms with Crippen LogP contribution in [0.5, 0.6) is 0 Å². The number of rotatable bonds is 55. The minimum absolute atomic E-state index is 0.0104. The van der Waals surface area contributed by atoms with Crippen LogP contribution >= 0.6 is 0 Å². The lowest BCUT2D eigenvalue weighted by Crippen LogP contribution is -2.45. The molecule has 0 bridgehead atoms. The zero-order valence-corrected chi connectivity index (χ0v) is 44.9. The van der Waals surface area contributed by atoms with E-state index in [-0.39, 0.29) is 18.5 Å². The van der Waals surface area contributed by atoms with E-state index in [9.17, 15) is 19.8 Å². The van der Waals surface area contributed by atoms with Crippen molar-refractivity contribution in [1.29, 1.82) is 0 Å². The van der Waals surface area contributed by atoms with E-state index in [1.54, 1.807) is 0 Å². The van der Waals surface area contributed by atoms with Gasteiger partial charge in [-0.15, -0.1) is 0 Å². The van der Waals surface area contributed by atoms with Gasteiger partial charge in [-0.05, 0) is 83.5 Å². The smallest absolute Gasteiger partial charge is 0.305 e. The largest absolute Gasteiger partial charge is 0.466 e. The van der Waals surface area contributed by atoms with E-state index in [2.05, 4.69) is 55.6 Å². The first-order chi connectivity index (χ1) is 33.0. The van der Waals surface area contributed by atoms with Gasteiger partial charge in [-0.25, -0.2) is 0 Å². The number of aliphatic hydroxyl groups excluding tert-OH is 2. The second-order valence-electron chi connectivity index (χ2n) is 20.3. The molecule has 0 aromatic carbocycles. The molecular weight excluding hydrogens is 827 g/mol. The Morgan fingerprint density at radius 1 is 0.418 bits per heavy atom. The number of ether oxygens (including phenoxy) is 1. The fourth-order valence-corrected chi connectivity index (χ4v) is 9.08. The zero-order valence-electron chi connectivity index (χ0n) is 44.9. The van der Waals surface area contributed by atoms with Crippen molar-refractivity contribution in [2.24, 2.45) is 0 Å². The molecule has 0 aromatic heterocycles. The molecule has 0 heterocycles. The molecule has 0 aromatic rings. The van der Waals surface area contributed by atoms with Crippen molar-refractivity contribution < 1.29 is 24.5 Å². The number of unbranched alkanes of at least 4 members (excludes halogenated alkanes) is 38. The van der Waals surface area contributed by atoms with Crippen molar-refractivity contribution >= 4 is 11.9 Å². The molecule has 3 N–H and O–H groups in total. The third-order valence-electron chi connectivity index (χ3n) is 13.7. The average Bonchev–Trinajstić information content (AvgIpc) is 3.33. The Bertz CT molecular complexity index is 1090. The van der Waals surface area contributed by atoms with Crippen molar-refractivity contribution in [1.82, 2.24) is 5.32 Å². The summed E-state index contributed by atoms with van der Waals surface area (Å²) in [6.07, 6.45) is 69.9. The highest BCUT2D eigenvalue weighted by molar-refractivity contribution is 5.76. The first-order valence-corrected chi connectivity index (χ1v) is 29.7. The van der Waals surface area contributed by atoms with Gasteiger partial charge in [-0.1, -0.05) is 256 Å². The van der Waals surface area contributed by atoms with Crippen LogP contribution in [-0.2, 0) is 14.3 Å². The monoisotopic (exact) mass is 942 g/mol. The predicted molar refractivity (Wildman–Crippen MR) is 292 cm³/mol. The van der Waals surface area contributed by atoms with Crippen LogP contribution in [0.4, 0.5) is 0 Å². The van der Waals surface area contributed by atoms with E-state index in [4.69, 9.17) is 4.74 Å². The van der Waals surface area contributed by atoms with Crippen molar-refractivity contribution in [3.63, 3.8) is 0 Å². The fraction of sp³-hybridized carbons (Fsp3) is 0.869. The number of nitrogens with one attached hydrogen (secondary N) is 1. The van der Waals surface area contributed by atoms with Gasteiger partial charge in [0.25, 0.3) is 0 Å². The zero-order chi connectivity index (χ0) is 48.6. The summed E-state index contributed by atoms with van der Waals surface area (Å²) < 4.78 is 5.47. The van der Waals surface area contributed by atoms with Gasteiger partial charge in [0.15, 0.2) is 0 Å². The molecule has 394 valence electrons. The van der Waals surface area contributed by atoms with Crippen LogP contribution in [0.1, 0.15) is 316 Å². The number of amides is 1. The Morgan fingerprint density at radius 3 is 1.18 bits per heavy atom. The van der Waals surface area contributed by atoms with Crippen LogP contribution in [0.15, 0.2) is 36.5 Å². The number of allylic oxidation sites excluding steroid dienone is 6. The average molecular weight is 943 g/mol. The molecule has 0 saturated heterocycles. The van der Waals surface area contributed by atoms with Crippen LogP contribution in [0.25, 0.3) is 0 Å². The molecule has 0 aliphatic rings. The van der Waals surface area contributed by atoms with Gasteiger partial charge in [0.2, 0.25) is 5.91 Å². The first kappa shape index (κ1) is 65.1. The normalized spacial score (nSPS) is 12.8. The summed E-state index contributed by atoms with van der Waals surface area (Å²) in [5, 5.41) is 23.3. The van der Waals surface area contributed by atoms with Crippen LogP contribution in [0.2, 0.25) is 0 Å². The molecule has 67 heavy (non-hydrogen) atoms. The van der Waals surface area contributed by atoms with Gasteiger partial charge < -0.3 is 20.3 Å². The highest BCUT2D eigenvalue weighted by atomic mass is 16.5. The van der Waals surface area contributed by atoms with Gasteiger partial charge in [0.05, 0.1) is 25.4 Å². The molecule has 0 saturated carbocycles. The van der Waals surface area contributed by atoms with Gasteiger partial charge in [-0.3, -0.25) is 9.59 Å². The molecule has 0 radical (unpaired) electrons. The molecule has 0 aliphatic carbocycles. The Kier molecular flexibility index (Phi) is 55.0. The number of hydrogen-bond acceptors (Lipinski definition) is 5. The lowest BCUT2D eigenvalue weighted by Gasteiger charge is -2.22. The molecule has 0 fully saturated rings. The van der Waals surface area contributed by atoms with E-state index in [0.717, 1.165) is 70.6 Å². The Morgan fingerprint density at radius 2 is 0.746 bits per heavy atom. The Balaban J connectivity index is 3.47. The standard InChI is InChI=1S/C61H115NO5/c1-3-5-7-9-11-13-15-17-19-21-25-29-33-37-41-45-49-53-59(64)58(57-63)62-60(65)54-50-46-42-38-34-30-26-23-24-28-32-36-40-44-48-52-56-67-61(66)55-51-47-43-39-35-31-27-22-20-18-16-14-12-10-8-6-4-2/h12,14,18,20,23,26,58-59,63-64H,3-11,13,15-17,19,21-22,24-25,27-57H2,1-2H3,(H,62,65)/b14-12-,20-18-,26-23-. The van der Waals surface area contributed by atoms with Crippen molar-refractivity contribution in [3.8, 4) is 0 Å². The summed E-state index contributed by atoms with van der Waals surface area (Å²) in [6.45, 7) is 4.91. The lowest BCUT2D eigenvalue weighted by molar-refractivity contribution is -0.143. The second kappa shape index (κ2) is 56.7. The summed E-state index contributed by atoms with van der Waals surface area (Å²) in [7, 11) is 0. The number of hydrogen-bond donors (Lipinski definition) is 3. The second-order valence-corrected chi connectivity index (χ2v) is 20.3. The van der Waals surface area contributed by atoms with Crippen molar-refractivity contribution in [3.05, 3.63) is 36.5 Å². The topological polar surface area (TPSA) is 95.9 Å². The maximum Gasteiger partial charge on any atom is 0.305 e. The number of aliphatic hydroxyl groups is 2. The third-order valence-corrected chi connectivity index (χ3v) is 13.7. The quantitative estimate of drug-likeness (QED) is 0.0321.